The van der Waals surface area contributed by atoms with E-state index >= 15 is 0 Å². The first-order valence-electron chi connectivity index (χ1n) is 3.68. The van der Waals surface area contributed by atoms with Crippen LogP contribution in [0.3, 0.4) is 0 Å². The van der Waals surface area contributed by atoms with Crippen molar-refractivity contribution in [2.24, 2.45) is 0 Å². The van der Waals surface area contributed by atoms with Crippen LogP contribution in [0.15, 0.2) is 24.3 Å². The summed E-state index contributed by atoms with van der Waals surface area (Å²) in [6.07, 6.45) is 0. The number of carboxylic acid groups (broad SMARTS) is 1. The van der Waals surface area contributed by atoms with Gasteiger partial charge in [-0.05, 0) is 24.3 Å². The Labute approximate surface area is 75.4 Å². The van der Waals surface area contributed by atoms with Gasteiger partial charge in [-0.2, -0.15) is 5.26 Å². The van der Waals surface area contributed by atoms with E-state index in [1.54, 1.807) is 12.1 Å². The summed E-state index contributed by atoms with van der Waals surface area (Å²) in [7, 11) is 0. The molecule has 0 heterocycles. The van der Waals surface area contributed by atoms with Crippen molar-refractivity contribution in [1.29, 1.82) is 5.26 Å². The quantitative estimate of drug-likeness (QED) is 0.681. The van der Waals surface area contributed by atoms with Crippen LogP contribution in [-0.4, -0.2) is 17.6 Å². The highest BCUT2D eigenvalue weighted by molar-refractivity contribution is 5.87. The molecule has 4 heteroatoms. The molecule has 13 heavy (non-hydrogen) atoms. The van der Waals surface area contributed by atoms with Crippen molar-refractivity contribution in [3.63, 3.8) is 0 Å². The zero-order valence-corrected chi connectivity index (χ0v) is 6.82. The molecule has 66 valence electrons. The molecule has 2 N–H and O–H groups in total. The molecule has 0 bridgehead atoms. The second-order valence-electron chi connectivity index (χ2n) is 2.39. The Morgan fingerprint density at radius 2 is 2.08 bits per heavy atom. The van der Waals surface area contributed by atoms with Gasteiger partial charge in [0, 0.05) is 5.69 Å². The molecule has 0 fully saturated rings. The van der Waals surface area contributed by atoms with E-state index in [9.17, 15) is 4.79 Å². The van der Waals surface area contributed by atoms with Crippen LogP contribution in [0.2, 0.25) is 0 Å². The van der Waals surface area contributed by atoms with Crippen molar-refractivity contribution in [3.05, 3.63) is 29.8 Å². The molecule has 1 rings (SSSR count). The molecular weight excluding hydrogens is 168 g/mol. The Morgan fingerprint density at radius 1 is 1.46 bits per heavy atom. The minimum atomic E-state index is -0.952. The largest absolute Gasteiger partial charge is 0.478 e. The summed E-state index contributed by atoms with van der Waals surface area (Å²) in [4.78, 5) is 10.5. The SMILES string of the molecule is N#CCNc1ccc(C(=O)O)cc1. The molecule has 0 saturated heterocycles. The van der Waals surface area contributed by atoms with Gasteiger partial charge in [-0.3, -0.25) is 0 Å². The van der Waals surface area contributed by atoms with E-state index in [2.05, 4.69) is 5.32 Å². The fourth-order valence-electron chi connectivity index (χ4n) is 0.872. The second-order valence-corrected chi connectivity index (χ2v) is 2.39. The first-order chi connectivity index (χ1) is 6.24. The number of rotatable bonds is 3. The molecule has 0 aliphatic carbocycles. The first kappa shape index (κ1) is 9.07. The van der Waals surface area contributed by atoms with Crippen LogP contribution in [0.4, 0.5) is 5.69 Å². The topological polar surface area (TPSA) is 73.1 Å². The van der Waals surface area contributed by atoms with Gasteiger partial charge in [0.1, 0.15) is 6.54 Å². The fraction of sp³-hybridized carbons (Fsp3) is 0.111. The Morgan fingerprint density at radius 3 is 2.54 bits per heavy atom. The molecule has 0 aromatic heterocycles. The number of hydrogen-bond donors (Lipinski definition) is 2. The van der Waals surface area contributed by atoms with Crippen LogP contribution in [0, 0.1) is 11.3 Å². The summed E-state index contributed by atoms with van der Waals surface area (Å²) in [5.74, 6) is -0.952. The third kappa shape index (κ3) is 2.49. The number of nitrogens with zero attached hydrogens (tertiary/aromatic N) is 1. The van der Waals surface area contributed by atoms with Crippen molar-refractivity contribution in [2.45, 2.75) is 0 Å². The predicted molar refractivity (Wildman–Crippen MR) is 47.5 cm³/mol. The molecule has 1 aromatic rings. The Hall–Kier alpha value is -2.02. The summed E-state index contributed by atoms with van der Waals surface area (Å²) in [6.45, 7) is 0.215. The van der Waals surface area contributed by atoms with Crippen molar-refractivity contribution < 1.29 is 9.90 Å². The fourth-order valence-corrected chi connectivity index (χ4v) is 0.872. The van der Waals surface area contributed by atoms with Gasteiger partial charge in [-0.1, -0.05) is 0 Å². The maximum atomic E-state index is 10.5. The number of nitriles is 1. The van der Waals surface area contributed by atoms with Crippen molar-refractivity contribution >= 4 is 11.7 Å². The predicted octanol–water partition coefficient (Wildman–Crippen LogP) is 1.32. The number of hydrogen-bond acceptors (Lipinski definition) is 3. The number of carboxylic acids is 1. The molecular formula is C9H8N2O2. The molecule has 0 saturated carbocycles. The summed E-state index contributed by atoms with van der Waals surface area (Å²) in [5.41, 5.74) is 0.981. The van der Waals surface area contributed by atoms with Gasteiger partial charge in [0.05, 0.1) is 11.6 Å². The van der Waals surface area contributed by atoms with Gasteiger partial charge in [0.25, 0.3) is 0 Å². The summed E-state index contributed by atoms with van der Waals surface area (Å²) in [5, 5.41) is 19.6. The summed E-state index contributed by atoms with van der Waals surface area (Å²) in [6, 6.07) is 8.15. The van der Waals surface area contributed by atoms with E-state index in [0.717, 1.165) is 5.69 Å². The average molecular weight is 176 g/mol. The molecule has 0 aliphatic rings. The molecule has 0 radical (unpaired) electrons. The number of aromatic carboxylic acids is 1. The van der Waals surface area contributed by atoms with Gasteiger partial charge in [0.15, 0.2) is 0 Å². The van der Waals surface area contributed by atoms with Crippen LogP contribution in [0.25, 0.3) is 0 Å². The van der Waals surface area contributed by atoms with Gasteiger partial charge in [0.2, 0.25) is 0 Å². The smallest absolute Gasteiger partial charge is 0.335 e. The highest BCUT2D eigenvalue weighted by Crippen LogP contribution is 2.08. The van der Waals surface area contributed by atoms with E-state index in [-0.39, 0.29) is 12.1 Å². The molecule has 0 atom stereocenters. The van der Waals surface area contributed by atoms with Crippen molar-refractivity contribution in [2.75, 3.05) is 11.9 Å². The Kier molecular flexibility index (Phi) is 2.87. The standard InChI is InChI=1S/C9H8N2O2/c10-5-6-11-8-3-1-7(2-4-8)9(12)13/h1-4,11H,6H2,(H,12,13). The second kappa shape index (κ2) is 4.12. The average Bonchev–Trinajstić information content (AvgIpc) is 2.15. The van der Waals surface area contributed by atoms with E-state index in [1.165, 1.54) is 12.1 Å². The maximum Gasteiger partial charge on any atom is 0.335 e. The van der Waals surface area contributed by atoms with Crippen LogP contribution in [0.1, 0.15) is 10.4 Å². The van der Waals surface area contributed by atoms with Gasteiger partial charge >= 0.3 is 5.97 Å². The molecule has 4 nitrogen and oxygen atoms in total. The lowest BCUT2D eigenvalue weighted by molar-refractivity contribution is 0.0697. The van der Waals surface area contributed by atoms with E-state index in [0.29, 0.717) is 0 Å². The highest BCUT2D eigenvalue weighted by atomic mass is 16.4. The number of nitrogens with one attached hydrogen (secondary N) is 1. The van der Waals surface area contributed by atoms with E-state index < -0.39 is 5.97 Å². The molecule has 0 aliphatic heterocycles. The molecule has 0 unspecified atom stereocenters. The van der Waals surface area contributed by atoms with Gasteiger partial charge in [-0.15, -0.1) is 0 Å². The van der Waals surface area contributed by atoms with Crippen LogP contribution in [0.5, 0.6) is 0 Å². The Balaban J connectivity index is 2.71. The first-order valence-corrected chi connectivity index (χ1v) is 3.68. The lowest BCUT2D eigenvalue weighted by Gasteiger charge is -2.00. The minimum absolute atomic E-state index is 0.215. The third-order valence-corrected chi connectivity index (χ3v) is 1.50. The van der Waals surface area contributed by atoms with Crippen LogP contribution in [-0.2, 0) is 0 Å². The number of carbonyl (C=O) groups is 1. The number of anilines is 1. The summed E-state index contributed by atoms with van der Waals surface area (Å²) < 4.78 is 0. The normalized spacial score (nSPS) is 8.85. The monoisotopic (exact) mass is 176 g/mol. The van der Waals surface area contributed by atoms with E-state index in [4.69, 9.17) is 10.4 Å². The Bertz CT molecular complexity index is 338. The van der Waals surface area contributed by atoms with Gasteiger partial charge < -0.3 is 10.4 Å². The maximum absolute atomic E-state index is 10.5. The van der Waals surface area contributed by atoms with E-state index in [1.807, 2.05) is 6.07 Å². The van der Waals surface area contributed by atoms with Crippen molar-refractivity contribution in [3.8, 4) is 6.07 Å². The lowest BCUT2D eigenvalue weighted by Crippen LogP contribution is -2.00. The summed E-state index contributed by atoms with van der Waals surface area (Å²) >= 11 is 0. The molecule has 0 amide bonds. The lowest BCUT2D eigenvalue weighted by atomic mass is 10.2. The molecule has 1 aromatic carbocycles. The zero-order valence-electron chi connectivity index (χ0n) is 6.82. The van der Waals surface area contributed by atoms with Crippen molar-refractivity contribution in [1.82, 2.24) is 0 Å². The number of benzene rings is 1. The van der Waals surface area contributed by atoms with Crippen LogP contribution >= 0.6 is 0 Å². The molecule has 0 spiro atoms. The third-order valence-electron chi connectivity index (χ3n) is 1.50. The minimum Gasteiger partial charge on any atom is -0.478 e. The highest BCUT2D eigenvalue weighted by Gasteiger charge is 2.00. The van der Waals surface area contributed by atoms with Gasteiger partial charge in [-0.25, -0.2) is 4.79 Å². The van der Waals surface area contributed by atoms with Crippen LogP contribution < -0.4 is 5.32 Å². The zero-order chi connectivity index (χ0) is 9.68.